The number of carbonyl (C=O) groups excluding carboxylic acids is 3. The molecule has 4 rings (SSSR count). The molecule has 6 atom stereocenters. The first kappa shape index (κ1) is 21.4. The number of hydrogen-bond acceptors (Lipinski definition) is 6. The normalized spacial score (nSPS) is 36.2. The maximum atomic E-state index is 13.8. The summed E-state index contributed by atoms with van der Waals surface area (Å²) in [4.78, 5) is 43.6. The Morgan fingerprint density at radius 1 is 1.27 bits per heavy atom. The van der Waals surface area contributed by atoms with E-state index in [2.05, 4.69) is 6.92 Å². The SMILES string of the molecule is CCCCCN1CC=C[C@]23S[C@@H]4C=CCOC(=O)[C@@H]4[C@H]2C(=O)N([C@H](C)CO)C3C1=O. The van der Waals surface area contributed by atoms with Gasteiger partial charge in [-0.2, -0.15) is 0 Å². The molecule has 7 nitrogen and oxygen atoms in total. The Morgan fingerprint density at radius 2 is 2.07 bits per heavy atom. The number of fused-ring (bicyclic) bond motifs is 2. The fraction of sp³-hybridized carbons (Fsp3) is 0.682. The summed E-state index contributed by atoms with van der Waals surface area (Å²) in [5.41, 5.74) is 0. The molecule has 4 aliphatic rings. The smallest absolute Gasteiger partial charge is 0.311 e. The minimum Gasteiger partial charge on any atom is -0.461 e. The van der Waals surface area contributed by atoms with Crippen LogP contribution >= 0.6 is 11.8 Å². The fourth-order valence-corrected chi connectivity index (χ4v) is 7.26. The summed E-state index contributed by atoms with van der Waals surface area (Å²) in [6.07, 6.45) is 10.7. The van der Waals surface area contributed by atoms with Crippen molar-refractivity contribution >= 4 is 29.5 Å². The molecule has 0 aromatic heterocycles. The van der Waals surface area contributed by atoms with E-state index in [0.717, 1.165) is 19.3 Å². The van der Waals surface area contributed by atoms with Gasteiger partial charge in [0.15, 0.2) is 0 Å². The molecule has 0 bridgehead atoms. The second kappa shape index (κ2) is 8.38. The van der Waals surface area contributed by atoms with Crippen molar-refractivity contribution in [1.82, 2.24) is 9.80 Å². The number of aliphatic hydroxyl groups is 1. The lowest BCUT2D eigenvalue weighted by Gasteiger charge is -2.37. The van der Waals surface area contributed by atoms with Gasteiger partial charge in [0.25, 0.3) is 0 Å². The standard InChI is InChI=1S/C22H30N2O5S/c1-3-4-5-10-23-11-7-9-22-17(16-15(30-22)8-6-12-29-21(16)28)19(26)24(14(2)13-25)18(22)20(23)27/h6-9,14-18,25H,3-5,10-13H2,1-2H3/t14-,15-,16+,17+,18?,22+/m1/s1. The van der Waals surface area contributed by atoms with Crippen molar-refractivity contribution in [3.63, 3.8) is 0 Å². The summed E-state index contributed by atoms with van der Waals surface area (Å²) in [6.45, 7) is 4.99. The molecule has 4 aliphatic heterocycles. The highest BCUT2D eigenvalue weighted by atomic mass is 32.2. The Balaban J connectivity index is 1.77. The molecule has 0 saturated carbocycles. The molecule has 2 saturated heterocycles. The molecule has 2 amide bonds. The van der Waals surface area contributed by atoms with E-state index in [1.165, 1.54) is 11.8 Å². The minimum absolute atomic E-state index is 0.0893. The van der Waals surface area contributed by atoms with Crippen LogP contribution in [0.15, 0.2) is 24.3 Å². The van der Waals surface area contributed by atoms with Crippen LogP contribution in [0.25, 0.3) is 0 Å². The van der Waals surface area contributed by atoms with Crippen LogP contribution in [0.3, 0.4) is 0 Å². The summed E-state index contributed by atoms with van der Waals surface area (Å²) in [5, 5.41) is 9.64. The summed E-state index contributed by atoms with van der Waals surface area (Å²) in [6, 6.07) is -1.23. The van der Waals surface area contributed by atoms with Crippen LogP contribution in [-0.2, 0) is 19.1 Å². The molecule has 1 N–H and O–H groups in total. The number of unbranched alkanes of at least 4 members (excludes halogenated alkanes) is 2. The Labute approximate surface area is 181 Å². The molecular formula is C22H30N2O5S. The van der Waals surface area contributed by atoms with Gasteiger partial charge in [0.2, 0.25) is 11.8 Å². The molecule has 0 aliphatic carbocycles. The van der Waals surface area contributed by atoms with Crippen molar-refractivity contribution in [1.29, 1.82) is 0 Å². The van der Waals surface area contributed by atoms with E-state index in [1.807, 2.05) is 29.2 Å². The highest BCUT2D eigenvalue weighted by Crippen LogP contribution is 2.61. The number of aliphatic hydroxyl groups excluding tert-OH is 1. The van der Waals surface area contributed by atoms with E-state index in [-0.39, 0.29) is 36.2 Å². The predicted molar refractivity (Wildman–Crippen MR) is 114 cm³/mol. The van der Waals surface area contributed by atoms with Crippen LogP contribution in [-0.4, -0.2) is 81.1 Å². The quantitative estimate of drug-likeness (QED) is 0.386. The monoisotopic (exact) mass is 434 g/mol. The zero-order chi connectivity index (χ0) is 21.5. The van der Waals surface area contributed by atoms with Crippen molar-refractivity contribution in [3.05, 3.63) is 24.3 Å². The van der Waals surface area contributed by atoms with Crippen LogP contribution in [0, 0.1) is 11.8 Å². The van der Waals surface area contributed by atoms with Gasteiger partial charge in [-0.3, -0.25) is 14.4 Å². The number of thioether (sulfide) groups is 1. The number of nitrogens with zero attached hydrogens (tertiary/aromatic N) is 2. The van der Waals surface area contributed by atoms with Gasteiger partial charge in [-0.05, 0) is 13.3 Å². The van der Waals surface area contributed by atoms with E-state index in [0.29, 0.717) is 13.1 Å². The van der Waals surface area contributed by atoms with E-state index in [1.54, 1.807) is 11.8 Å². The van der Waals surface area contributed by atoms with Crippen molar-refractivity contribution in [2.24, 2.45) is 11.8 Å². The lowest BCUT2D eigenvalue weighted by molar-refractivity contribution is -0.152. The molecule has 0 aromatic rings. The summed E-state index contributed by atoms with van der Waals surface area (Å²) in [7, 11) is 0. The van der Waals surface area contributed by atoms with Gasteiger partial charge >= 0.3 is 5.97 Å². The third-order valence-electron chi connectivity index (χ3n) is 6.71. The fourth-order valence-electron chi connectivity index (χ4n) is 5.27. The number of esters is 1. The van der Waals surface area contributed by atoms with Crippen molar-refractivity contribution in [3.8, 4) is 0 Å². The minimum atomic E-state index is -0.826. The molecular weight excluding hydrogens is 404 g/mol. The van der Waals surface area contributed by atoms with E-state index in [9.17, 15) is 19.5 Å². The maximum Gasteiger partial charge on any atom is 0.311 e. The zero-order valence-corrected chi connectivity index (χ0v) is 18.3. The number of carbonyl (C=O) groups is 3. The molecule has 30 heavy (non-hydrogen) atoms. The third-order valence-corrected chi connectivity index (χ3v) is 8.45. The Kier molecular flexibility index (Phi) is 5.99. The first-order valence-electron chi connectivity index (χ1n) is 10.9. The first-order chi connectivity index (χ1) is 14.5. The number of hydrogen-bond donors (Lipinski definition) is 1. The van der Waals surface area contributed by atoms with Crippen LogP contribution in [0.5, 0.6) is 0 Å². The second-order valence-corrected chi connectivity index (χ2v) is 10.1. The van der Waals surface area contributed by atoms with Crippen molar-refractivity contribution < 1.29 is 24.2 Å². The Morgan fingerprint density at radius 3 is 2.80 bits per heavy atom. The van der Waals surface area contributed by atoms with Gasteiger partial charge in [-0.1, -0.05) is 44.1 Å². The third kappa shape index (κ3) is 3.19. The largest absolute Gasteiger partial charge is 0.461 e. The molecule has 2 fully saturated rings. The maximum absolute atomic E-state index is 13.8. The number of ether oxygens (including phenoxy) is 1. The van der Waals surface area contributed by atoms with Gasteiger partial charge in [-0.25, -0.2) is 0 Å². The number of cyclic esters (lactones) is 1. The first-order valence-corrected chi connectivity index (χ1v) is 11.7. The van der Waals surface area contributed by atoms with Crippen LogP contribution in [0.2, 0.25) is 0 Å². The van der Waals surface area contributed by atoms with Crippen LogP contribution < -0.4 is 0 Å². The lowest BCUT2D eigenvalue weighted by atomic mass is 9.78. The summed E-state index contributed by atoms with van der Waals surface area (Å²) < 4.78 is 4.51. The number of amides is 2. The molecule has 164 valence electrons. The molecule has 8 heteroatoms. The van der Waals surface area contributed by atoms with Gasteiger partial charge in [0, 0.05) is 18.3 Å². The van der Waals surface area contributed by atoms with Crippen molar-refractivity contribution in [2.75, 3.05) is 26.3 Å². The highest BCUT2D eigenvalue weighted by Gasteiger charge is 2.71. The zero-order valence-electron chi connectivity index (χ0n) is 17.5. The molecule has 1 spiro atoms. The van der Waals surface area contributed by atoms with Gasteiger partial charge in [-0.15, -0.1) is 11.8 Å². The molecule has 0 aromatic carbocycles. The average molecular weight is 435 g/mol. The highest BCUT2D eigenvalue weighted by molar-refractivity contribution is 8.02. The lowest BCUT2D eigenvalue weighted by Crippen LogP contribution is -2.56. The van der Waals surface area contributed by atoms with Crippen LogP contribution in [0.1, 0.15) is 33.1 Å². The van der Waals surface area contributed by atoms with E-state index < -0.39 is 28.7 Å². The predicted octanol–water partition coefficient (Wildman–Crippen LogP) is 1.37. The molecule has 4 heterocycles. The van der Waals surface area contributed by atoms with E-state index in [4.69, 9.17) is 4.74 Å². The number of likely N-dealkylation sites (tertiary alicyclic amines) is 1. The van der Waals surface area contributed by atoms with Gasteiger partial charge in [0.05, 0.1) is 29.2 Å². The second-order valence-electron chi connectivity index (χ2n) is 8.57. The molecule has 1 unspecified atom stereocenters. The number of rotatable bonds is 6. The topological polar surface area (TPSA) is 87.2 Å². The van der Waals surface area contributed by atoms with Gasteiger partial charge < -0.3 is 19.6 Å². The van der Waals surface area contributed by atoms with Crippen molar-refractivity contribution in [2.45, 2.75) is 55.2 Å². The van der Waals surface area contributed by atoms with Gasteiger partial charge in [0.1, 0.15) is 12.6 Å². The summed E-state index contributed by atoms with van der Waals surface area (Å²) >= 11 is 1.53. The van der Waals surface area contributed by atoms with Crippen LogP contribution in [0.4, 0.5) is 0 Å². The van der Waals surface area contributed by atoms with E-state index >= 15 is 0 Å². The molecule has 0 radical (unpaired) electrons. The Hall–Kier alpha value is -1.80. The Bertz CT molecular complexity index is 783. The summed E-state index contributed by atoms with van der Waals surface area (Å²) in [5.74, 6) is -1.99. The average Bonchev–Trinajstić information content (AvgIpc) is 3.04.